The summed E-state index contributed by atoms with van der Waals surface area (Å²) < 4.78 is 5.75. The van der Waals surface area contributed by atoms with Gasteiger partial charge in [0.1, 0.15) is 5.75 Å². The van der Waals surface area contributed by atoms with Crippen molar-refractivity contribution in [2.24, 2.45) is 5.41 Å². The van der Waals surface area contributed by atoms with Gasteiger partial charge in [-0.3, -0.25) is 9.59 Å². The fraction of sp³-hybridized carbons (Fsp3) is 0.619. The number of piperidine rings is 1. The fourth-order valence-corrected chi connectivity index (χ4v) is 2.96. The van der Waals surface area contributed by atoms with Gasteiger partial charge in [-0.15, -0.1) is 0 Å². The van der Waals surface area contributed by atoms with Crippen molar-refractivity contribution in [3.8, 4) is 5.75 Å². The molecule has 0 saturated carbocycles. The molecule has 0 radical (unpaired) electrons. The van der Waals surface area contributed by atoms with E-state index in [1.165, 1.54) is 0 Å². The first-order valence-electron chi connectivity index (χ1n) is 9.54. The molecule has 1 fully saturated rings. The molecule has 144 valence electrons. The lowest BCUT2D eigenvalue weighted by Crippen LogP contribution is -2.49. The van der Waals surface area contributed by atoms with Crippen molar-refractivity contribution in [1.82, 2.24) is 10.2 Å². The third kappa shape index (κ3) is 6.04. The van der Waals surface area contributed by atoms with E-state index in [4.69, 9.17) is 4.74 Å². The van der Waals surface area contributed by atoms with Crippen LogP contribution >= 0.6 is 0 Å². The Morgan fingerprint density at radius 3 is 2.46 bits per heavy atom. The number of hydrogen-bond acceptors (Lipinski definition) is 3. The standard InChI is InChI=1S/C21H32N2O3/c1-16-8-5-6-9-18(16)26-15-7-10-19(24)23-13-11-17(12-14-23)22-20(25)21(2,3)4/h5-6,8-9,17H,7,10-15H2,1-4H3,(H,22,25). The summed E-state index contributed by atoms with van der Waals surface area (Å²) in [5, 5.41) is 3.10. The zero-order valence-corrected chi connectivity index (χ0v) is 16.5. The molecule has 1 aliphatic rings. The Balaban J connectivity index is 1.65. The highest BCUT2D eigenvalue weighted by Gasteiger charge is 2.27. The van der Waals surface area contributed by atoms with Crippen molar-refractivity contribution >= 4 is 11.8 Å². The van der Waals surface area contributed by atoms with E-state index in [0.717, 1.165) is 24.2 Å². The van der Waals surface area contributed by atoms with E-state index in [1.54, 1.807) is 0 Å². The van der Waals surface area contributed by atoms with Crippen molar-refractivity contribution in [3.05, 3.63) is 29.8 Å². The highest BCUT2D eigenvalue weighted by Crippen LogP contribution is 2.18. The molecule has 0 unspecified atom stereocenters. The van der Waals surface area contributed by atoms with Crippen LogP contribution < -0.4 is 10.1 Å². The van der Waals surface area contributed by atoms with Crippen LogP contribution in [0.2, 0.25) is 0 Å². The van der Waals surface area contributed by atoms with Gasteiger partial charge in [-0.05, 0) is 37.8 Å². The summed E-state index contributed by atoms with van der Waals surface area (Å²) in [4.78, 5) is 26.3. The Kier molecular flexibility index (Phi) is 7.06. The second kappa shape index (κ2) is 9.06. The Hall–Kier alpha value is -2.04. The summed E-state index contributed by atoms with van der Waals surface area (Å²) in [5.41, 5.74) is 0.738. The maximum Gasteiger partial charge on any atom is 0.225 e. The van der Waals surface area contributed by atoms with E-state index in [9.17, 15) is 9.59 Å². The van der Waals surface area contributed by atoms with Crippen molar-refractivity contribution in [1.29, 1.82) is 0 Å². The molecule has 2 rings (SSSR count). The molecule has 5 nitrogen and oxygen atoms in total. The van der Waals surface area contributed by atoms with Crippen LogP contribution in [0.5, 0.6) is 5.75 Å². The topological polar surface area (TPSA) is 58.6 Å². The van der Waals surface area contributed by atoms with E-state index < -0.39 is 0 Å². The first-order chi connectivity index (χ1) is 12.3. The monoisotopic (exact) mass is 360 g/mol. The maximum atomic E-state index is 12.3. The lowest BCUT2D eigenvalue weighted by molar-refractivity contribution is -0.133. The fourth-order valence-electron chi connectivity index (χ4n) is 2.96. The first-order valence-corrected chi connectivity index (χ1v) is 9.54. The van der Waals surface area contributed by atoms with Crippen LogP contribution in [-0.2, 0) is 9.59 Å². The maximum absolute atomic E-state index is 12.3. The Bertz CT molecular complexity index is 614. The highest BCUT2D eigenvalue weighted by molar-refractivity contribution is 5.81. The van der Waals surface area contributed by atoms with Gasteiger partial charge in [0.15, 0.2) is 0 Å². The molecule has 0 spiro atoms. The largest absolute Gasteiger partial charge is 0.493 e. The second-order valence-corrected chi connectivity index (χ2v) is 8.10. The minimum Gasteiger partial charge on any atom is -0.493 e. The summed E-state index contributed by atoms with van der Waals surface area (Å²) in [6.45, 7) is 9.75. The Morgan fingerprint density at radius 1 is 1.19 bits per heavy atom. The minimum atomic E-state index is -0.371. The minimum absolute atomic E-state index is 0.0793. The van der Waals surface area contributed by atoms with Gasteiger partial charge in [-0.2, -0.15) is 0 Å². The number of rotatable bonds is 6. The lowest BCUT2D eigenvalue weighted by atomic mass is 9.94. The molecular formula is C21H32N2O3. The Labute approximate surface area is 157 Å². The first kappa shape index (κ1) is 20.3. The number of para-hydroxylation sites is 1. The van der Waals surface area contributed by atoms with Crippen molar-refractivity contribution in [2.75, 3.05) is 19.7 Å². The van der Waals surface area contributed by atoms with Crippen LogP contribution in [0.15, 0.2) is 24.3 Å². The average Bonchev–Trinajstić information content (AvgIpc) is 2.59. The van der Waals surface area contributed by atoms with Crippen LogP contribution in [0.25, 0.3) is 0 Å². The van der Waals surface area contributed by atoms with Crippen molar-refractivity contribution in [2.45, 2.75) is 59.4 Å². The van der Waals surface area contributed by atoms with Crippen molar-refractivity contribution < 1.29 is 14.3 Å². The smallest absolute Gasteiger partial charge is 0.225 e. The molecule has 2 amide bonds. The predicted molar refractivity (Wildman–Crippen MR) is 103 cm³/mol. The molecule has 26 heavy (non-hydrogen) atoms. The number of nitrogens with zero attached hydrogens (tertiary/aromatic N) is 1. The molecule has 5 heteroatoms. The quantitative estimate of drug-likeness (QED) is 0.792. The number of carbonyl (C=O) groups is 2. The molecule has 0 atom stereocenters. The molecule has 0 bridgehead atoms. The number of hydrogen-bond donors (Lipinski definition) is 1. The van der Waals surface area contributed by atoms with E-state index in [2.05, 4.69) is 5.32 Å². The van der Waals surface area contributed by atoms with Crippen LogP contribution in [0.1, 0.15) is 52.0 Å². The molecule has 0 aromatic heterocycles. The molecule has 1 aromatic rings. The van der Waals surface area contributed by atoms with Gasteiger partial charge in [-0.1, -0.05) is 39.0 Å². The molecular weight excluding hydrogens is 328 g/mol. The van der Waals surface area contributed by atoms with Crippen LogP contribution in [-0.4, -0.2) is 42.5 Å². The number of likely N-dealkylation sites (tertiary alicyclic amines) is 1. The SMILES string of the molecule is Cc1ccccc1OCCCC(=O)N1CCC(NC(=O)C(C)(C)C)CC1. The summed E-state index contributed by atoms with van der Waals surface area (Å²) in [6.07, 6.45) is 2.87. The van der Waals surface area contributed by atoms with E-state index in [1.807, 2.05) is 56.9 Å². The van der Waals surface area contributed by atoms with Gasteiger partial charge in [-0.25, -0.2) is 0 Å². The zero-order valence-electron chi connectivity index (χ0n) is 16.5. The Morgan fingerprint density at radius 2 is 1.85 bits per heavy atom. The summed E-state index contributed by atoms with van der Waals surface area (Å²) in [5.74, 6) is 1.14. The number of aryl methyl sites for hydroxylation is 1. The normalized spacial score (nSPS) is 15.6. The molecule has 1 saturated heterocycles. The van der Waals surface area contributed by atoms with E-state index in [-0.39, 0.29) is 23.3 Å². The number of carbonyl (C=O) groups excluding carboxylic acids is 2. The molecule has 1 aromatic carbocycles. The van der Waals surface area contributed by atoms with Gasteiger partial charge in [0.05, 0.1) is 6.61 Å². The lowest BCUT2D eigenvalue weighted by Gasteiger charge is -2.33. The number of nitrogens with one attached hydrogen (secondary N) is 1. The predicted octanol–water partition coefficient (Wildman–Crippen LogP) is 3.31. The number of amides is 2. The van der Waals surface area contributed by atoms with Gasteiger partial charge in [0.2, 0.25) is 11.8 Å². The van der Waals surface area contributed by atoms with Gasteiger partial charge in [0, 0.05) is 31.0 Å². The zero-order chi connectivity index (χ0) is 19.2. The number of benzene rings is 1. The summed E-state index contributed by atoms with van der Waals surface area (Å²) in [6, 6.07) is 8.09. The molecule has 0 aliphatic carbocycles. The summed E-state index contributed by atoms with van der Waals surface area (Å²) in [7, 11) is 0. The van der Waals surface area contributed by atoms with Gasteiger partial charge in [0.25, 0.3) is 0 Å². The van der Waals surface area contributed by atoms with Crippen LogP contribution in [0, 0.1) is 12.3 Å². The third-order valence-electron chi connectivity index (χ3n) is 4.75. The molecule has 1 heterocycles. The molecule has 1 aliphatic heterocycles. The third-order valence-corrected chi connectivity index (χ3v) is 4.75. The van der Waals surface area contributed by atoms with E-state index >= 15 is 0 Å². The number of ether oxygens (including phenoxy) is 1. The average molecular weight is 360 g/mol. The van der Waals surface area contributed by atoms with E-state index in [0.29, 0.717) is 32.5 Å². The van der Waals surface area contributed by atoms with Crippen LogP contribution in [0.4, 0.5) is 0 Å². The molecule has 1 N–H and O–H groups in total. The van der Waals surface area contributed by atoms with Gasteiger partial charge < -0.3 is 15.0 Å². The van der Waals surface area contributed by atoms with Crippen molar-refractivity contribution in [3.63, 3.8) is 0 Å². The van der Waals surface area contributed by atoms with Crippen LogP contribution in [0.3, 0.4) is 0 Å². The summed E-state index contributed by atoms with van der Waals surface area (Å²) >= 11 is 0. The van der Waals surface area contributed by atoms with Gasteiger partial charge >= 0.3 is 0 Å². The highest BCUT2D eigenvalue weighted by atomic mass is 16.5. The second-order valence-electron chi connectivity index (χ2n) is 8.10.